The van der Waals surface area contributed by atoms with Crippen molar-refractivity contribution in [3.8, 4) is 0 Å². The fraction of sp³-hybridized carbons (Fsp3) is 0.381. The summed E-state index contributed by atoms with van der Waals surface area (Å²) >= 11 is 0. The van der Waals surface area contributed by atoms with E-state index in [4.69, 9.17) is 0 Å². The summed E-state index contributed by atoms with van der Waals surface area (Å²) < 4.78 is 0. The number of carbonyl (C=O) groups is 2. The Morgan fingerprint density at radius 1 is 0.926 bits per heavy atom. The fourth-order valence-corrected chi connectivity index (χ4v) is 3.04. The molecule has 142 valence electrons. The molecule has 6 nitrogen and oxygen atoms in total. The third kappa shape index (κ3) is 4.84. The van der Waals surface area contributed by atoms with Crippen LogP contribution in [0.5, 0.6) is 0 Å². The summed E-state index contributed by atoms with van der Waals surface area (Å²) in [6.45, 7) is 8.64. The highest BCUT2D eigenvalue weighted by atomic mass is 16.2. The van der Waals surface area contributed by atoms with Crippen LogP contribution >= 0.6 is 0 Å². The molecule has 6 heteroatoms. The molecule has 1 saturated heterocycles. The molecule has 1 N–H and O–H groups in total. The van der Waals surface area contributed by atoms with E-state index in [2.05, 4.69) is 15.2 Å². The van der Waals surface area contributed by atoms with E-state index in [-0.39, 0.29) is 17.4 Å². The predicted molar refractivity (Wildman–Crippen MR) is 106 cm³/mol. The number of rotatable bonds is 3. The minimum absolute atomic E-state index is 0.00143. The first-order chi connectivity index (χ1) is 12.8. The summed E-state index contributed by atoms with van der Waals surface area (Å²) in [7, 11) is 0. The lowest BCUT2D eigenvalue weighted by Crippen LogP contribution is -2.49. The summed E-state index contributed by atoms with van der Waals surface area (Å²) in [6, 6.07) is 12.7. The van der Waals surface area contributed by atoms with Crippen LogP contribution in [0.1, 0.15) is 41.5 Å². The van der Waals surface area contributed by atoms with Gasteiger partial charge in [-0.1, -0.05) is 6.07 Å². The molecule has 1 aromatic carbocycles. The van der Waals surface area contributed by atoms with Crippen LogP contribution in [0.2, 0.25) is 0 Å². The van der Waals surface area contributed by atoms with Gasteiger partial charge in [0.25, 0.3) is 11.8 Å². The second-order valence-corrected chi connectivity index (χ2v) is 7.75. The van der Waals surface area contributed by atoms with Gasteiger partial charge in [-0.25, -0.2) is 4.98 Å². The number of carbonyl (C=O) groups excluding carboxylic acids is 2. The molecule has 2 aromatic rings. The number of hydrogen-bond donors (Lipinski definition) is 1. The Bertz CT molecular complexity index is 789. The van der Waals surface area contributed by atoms with E-state index >= 15 is 0 Å². The topological polar surface area (TPSA) is 65.5 Å². The lowest BCUT2D eigenvalue weighted by molar-refractivity contribution is 0.0745. The van der Waals surface area contributed by atoms with Crippen molar-refractivity contribution < 1.29 is 9.59 Å². The van der Waals surface area contributed by atoms with Crippen LogP contribution in [0.3, 0.4) is 0 Å². The molecule has 3 rings (SSSR count). The molecule has 0 unspecified atom stereocenters. The molecule has 2 amide bonds. The molecule has 0 aliphatic carbocycles. The zero-order valence-electron chi connectivity index (χ0n) is 16.1. The Hall–Kier alpha value is -2.89. The largest absolute Gasteiger partial charge is 0.353 e. The molecular weight excluding hydrogens is 340 g/mol. The Kier molecular flexibility index (Phi) is 5.44. The number of piperazine rings is 1. The molecule has 27 heavy (non-hydrogen) atoms. The Labute approximate surface area is 160 Å². The summed E-state index contributed by atoms with van der Waals surface area (Å²) in [6.07, 6.45) is 1.78. The van der Waals surface area contributed by atoms with Gasteiger partial charge in [0.1, 0.15) is 5.82 Å². The van der Waals surface area contributed by atoms with Gasteiger partial charge in [-0.15, -0.1) is 0 Å². The first-order valence-electron chi connectivity index (χ1n) is 9.21. The Morgan fingerprint density at radius 3 is 2.11 bits per heavy atom. The summed E-state index contributed by atoms with van der Waals surface area (Å²) in [5.41, 5.74) is 0.869. The molecule has 0 saturated carbocycles. The van der Waals surface area contributed by atoms with E-state index < -0.39 is 0 Å². The van der Waals surface area contributed by atoms with Crippen molar-refractivity contribution in [2.45, 2.75) is 26.3 Å². The first kappa shape index (κ1) is 18.9. The molecule has 1 aliphatic rings. The molecule has 0 radical (unpaired) electrons. The lowest BCUT2D eigenvalue weighted by Gasteiger charge is -2.35. The molecule has 0 spiro atoms. The highest BCUT2D eigenvalue weighted by Gasteiger charge is 2.23. The quantitative estimate of drug-likeness (QED) is 0.907. The average molecular weight is 366 g/mol. The van der Waals surface area contributed by atoms with Gasteiger partial charge in [-0.2, -0.15) is 0 Å². The van der Waals surface area contributed by atoms with Crippen molar-refractivity contribution >= 4 is 17.6 Å². The second kappa shape index (κ2) is 7.78. The SMILES string of the molecule is CC(C)(C)NC(=O)c1ccc(C(=O)N2CCN(c3ccccn3)CC2)cc1. The van der Waals surface area contributed by atoms with Crippen molar-refractivity contribution in [3.63, 3.8) is 0 Å². The minimum atomic E-state index is -0.293. The predicted octanol–water partition coefficient (Wildman–Crippen LogP) is 2.57. The van der Waals surface area contributed by atoms with Crippen LogP contribution in [0.15, 0.2) is 48.7 Å². The van der Waals surface area contributed by atoms with Crippen LogP contribution in [0.4, 0.5) is 5.82 Å². The maximum atomic E-state index is 12.7. The van der Waals surface area contributed by atoms with Gasteiger partial charge in [0.05, 0.1) is 0 Å². The van der Waals surface area contributed by atoms with E-state index in [9.17, 15) is 9.59 Å². The van der Waals surface area contributed by atoms with E-state index in [1.54, 1.807) is 30.5 Å². The minimum Gasteiger partial charge on any atom is -0.353 e. The van der Waals surface area contributed by atoms with Crippen molar-refractivity contribution in [2.75, 3.05) is 31.1 Å². The zero-order chi connectivity index (χ0) is 19.4. The summed E-state index contributed by atoms with van der Waals surface area (Å²) in [5, 5.41) is 2.92. The van der Waals surface area contributed by atoms with Crippen molar-refractivity contribution in [1.82, 2.24) is 15.2 Å². The van der Waals surface area contributed by atoms with Crippen LogP contribution in [0, 0.1) is 0 Å². The Balaban J connectivity index is 1.59. The van der Waals surface area contributed by atoms with Gasteiger partial charge >= 0.3 is 0 Å². The van der Waals surface area contributed by atoms with E-state index in [0.29, 0.717) is 24.2 Å². The monoisotopic (exact) mass is 366 g/mol. The highest BCUT2D eigenvalue weighted by molar-refractivity contribution is 5.98. The molecule has 1 fully saturated rings. The molecule has 0 atom stereocenters. The zero-order valence-corrected chi connectivity index (χ0v) is 16.1. The lowest BCUT2D eigenvalue weighted by atomic mass is 10.1. The van der Waals surface area contributed by atoms with Crippen molar-refractivity contribution in [2.24, 2.45) is 0 Å². The van der Waals surface area contributed by atoms with Gasteiger partial charge in [0.15, 0.2) is 0 Å². The van der Waals surface area contributed by atoms with E-state index in [1.807, 2.05) is 43.9 Å². The maximum absolute atomic E-state index is 12.7. The second-order valence-electron chi connectivity index (χ2n) is 7.75. The number of pyridine rings is 1. The van der Waals surface area contributed by atoms with Crippen LogP contribution < -0.4 is 10.2 Å². The number of hydrogen-bond acceptors (Lipinski definition) is 4. The summed E-state index contributed by atoms with van der Waals surface area (Å²) in [5.74, 6) is 0.808. The number of amides is 2. The number of nitrogens with one attached hydrogen (secondary N) is 1. The Morgan fingerprint density at radius 2 is 1.56 bits per heavy atom. The molecule has 0 bridgehead atoms. The van der Waals surface area contributed by atoms with Crippen molar-refractivity contribution in [3.05, 3.63) is 59.8 Å². The van der Waals surface area contributed by atoms with Gasteiger partial charge in [0, 0.05) is 49.0 Å². The normalized spacial score (nSPS) is 14.8. The van der Waals surface area contributed by atoms with Crippen LogP contribution in [-0.2, 0) is 0 Å². The van der Waals surface area contributed by atoms with Gasteiger partial charge in [-0.3, -0.25) is 9.59 Å². The first-order valence-corrected chi connectivity index (χ1v) is 9.21. The smallest absolute Gasteiger partial charge is 0.253 e. The van der Waals surface area contributed by atoms with Crippen LogP contribution in [-0.4, -0.2) is 53.4 Å². The maximum Gasteiger partial charge on any atom is 0.253 e. The number of aromatic nitrogens is 1. The highest BCUT2D eigenvalue weighted by Crippen LogP contribution is 2.15. The average Bonchev–Trinajstić information content (AvgIpc) is 2.67. The third-order valence-electron chi connectivity index (χ3n) is 4.42. The van der Waals surface area contributed by atoms with Gasteiger partial charge < -0.3 is 15.1 Å². The molecule has 1 aliphatic heterocycles. The van der Waals surface area contributed by atoms with E-state index in [1.165, 1.54) is 0 Å². The van der Waals surface area contributed by atoms with Crippen molar-refractivity contribution in [1.29, 1.82) is 0 Å². The molecular formula is C21H26N4O2. The standard InChI is InChI=1S/C21H26N4O2/c1-21(2,3)23-19(26)16-7-9-17(10-8-16)20(27)25-14-12-24(13-15-25)18-6-4-5-11-22-18/h4-11H,12-15H2,1-3H3,(H,23,26). The van der Waals surface area contributed by atoms with Gasteiger partial charge in [-0.05, 0) is 57.2 Å². The van der Waals surface area contributed by atoms with Crippen LogP contribution in [0.25, 0.3) is 0 Å². The third-order valence-corrected chi connectivity index (χ3v) is 4.42. The number of benzene rings is 1. The molecule has 2 heterocycles. The fourth-order valence-electron chi connectivity index (χ4n) is 3.04. The number of anilines is 1. The summed E-state index contributed by atoms with van der Waals surface area (Å²) in [4.78, 5) is 33.3. The van der Waals surface area contributed by atoms with Gasteiger partial charge in [0.2, 0.25) is 0 Å². The molecule has 1 aromatic heterocycles. The number of nitrogens with zero attached hydrogens (tertiary/aromatic N) is 3. The van der Waals surface area contributed by atoms with E-state index in [0.717, 1.165) is 18.9 Å².